The number of pyridine rings is 1. The van der Waals surface area contributed by atoms with E-state index in [1.807, 2.05) is 0 Å². The van der Waals surface area contributed by atoms with Crippen LogP contribution in [0.4, 0.5) is 0 Å². The van der Waals surface area contributed by atoms with Gasteiger partial charge >= 0.3 is 0 Å². The number of aliphatic hydroxyl groups excluding tert-OH is 1. The summed E-state index contributed by atoms with van der Waals surface area (Å²) in [6, 6.07) is 2.14. The van der Waals surface area contributed by atoms with Crippen LogP contribution < -0.4 is 5.56 Å². The van der Waals surface area contributed by atoms with Crippen molar-refractivity contribution in [3.05, 3.63) is 28.7 Å². The molecule has 1 heterocycles. The molecule has 17 heavy (non-hydrogen) atoms. The van der Waals surface area contributed by atoms with E-state index in [0.717, 1.165) is 12.3 Å². The van der Waals surface area contributed by atoms with Gasteiger partial charge in [0, 0.05) is 24.8 Å². The first-order chi connectivity index (χ1) is 7.89. The van der Waals surface area contributed by atoms with Gasteiger partial charge in [-0.15, -0.1) is 0 Å². The van der Waals surface area contributed by atoms with Crippen molar-refractivity contribution in [1.82, 2.24) is 9.29 Å². The molecule has 6 nitrogen and oxygen atoms in total. The summed E-state index contributed by atoms with van der Waals surface area (Å²) in [4.78, 5) is 13.2. The minimum Gasteiger partial charge on any atom is -0.395 e. The van der Waals surface area contributed by atoms with Gasteiger partial charge in [-0.05, 0) is 19.9 Å². The third kappa shape index (κ3) is 3.15. The molecule has 0 aliphatic carbocycles. The lowest BCUT2D eigenvalue weighted by Gasteiger charge is -2.24. The first-order valence-corrected chi connectivity index (χ1v) is 6.65. The first-order valence-electron chi connectivity index (χ1n) is 5.21. The highest BCUT2D eigenvalue weighted by molar-refractivity contribution is 7.89. The average molecular weight is 260 g/mol. The van der Waals surface area contributed by atoms with E-state index >= 15 is 0 Å². The number of nitrogens with one attached hydrogen (secondary N) is 1. The molecule has 0 bridgehead atoms. The number of sulfonamides is 1. The van der Waals surface area contributed by atoms with Crippen molar-refractivity contribution in [3.8, 4) is 0 Å². The lowest BCUT2D eigenvalue weighted by Crippen LogP contribution is -2.39. The van der Waals surface area contributed by atoms with Crippen LogP contribution in [0.25, 0.3) is 0 Å². The molecule has 1 aromatic rings. The van der Waals surface area contributed by atoms with Gasteiger partial charge in [-0.3, -0.25) is 4.79 Å². The van der Waals surface area contributed by atoms with Crippen molar-refractivity contribution in [2.75, 3.05) is 13.2 Å². The molecule has 0 saturated heterocycles. The topological polar surface area (TPSA) is 90.5 Å². The molecule has 0 unspecified atom stereocenters. The Kier molecular flexibility index (Phi) is 4.44. The van der Waals surface area contributed by atoms with Crippen LogP contribution >= 0.6 is 0 Å². The second-order valence-corrected chi connectivity index (χ2v) is 5.71. The second kappa shape index (κ2) is 5.44. The van der Waals surface area contributed by atoms with Crippen LogP contribution in [0.15, 0.2) is 28.0 Å². The van der Waals surface area contributed by atoms with Crippen LogP contribution in [-0.2, 0) is 10.0 Å². The molecule has 0 saturated carbocycles. The zero-order valence-electron chi connectivity index (χ0n) is 9.75. The van der Waals surface area contributed by atoms with Gasteiger partial charge in [0.2, 0.25) is 15.6 Å². The molecule has 2 N–H and O–H groups in total. The highest BCUT2D eigenvalue weighted by Gasteiger charge is 2.26. The maximum atomic E-state index is 12.2. The van der Waals surface area contributed by atoms with Crippen molar-refractivity contribution in [2.24, 2.45) is 0 Å². The minimum absolute atomic E-state index is 0.0132. The fourth-order valence-corrected chi connectivity index (χ4v) is 3.04. The number of rotatable bonds is 5. The predicted molar refractivity (Wildman–Crippen MR) is 63.2 cm³/mol. The third-order valence-electron chi connectivity index (χ3n) is 2.26. The van der Waals surface area contributed by atoms with Gasteiger partial charge in [0.1, 0.15) is 0 Å². The fourth-order valence-electron chi connectivity index (χ4n) is 1.45. The number of aliphatic hydroxyl groups is 1. The van der Waals surface area contributed by atoms with Gasteiger partial charge in [0.15, 0.2) is 0 Å². The maximum Gasteiger partial charge on any atom is 0.247 e. The van der Waals surface area contributed by atoms with Crippen LogP contribution in [0.3, 0.4) is 0 Å². The Morgan fingerprint density at radius 2 is 2.06 bits per heavy atom. The minimum atomic E-state index is -3.68. The van der Waals surface area contributed by atoms with E-state index in [4.69, 9.17) is 5.11 Å². The first kappa shape index (κ1) is 13.9. The third-order valence-corrected chi connectivity index (χ3v) is 4.33. The van der Waals surface area contributed by atoms with Gasteiger partial charge in [0.25, 0.3) is 0 Å². The van der Waals surface area contributed by atoms with Crippen molar-refractivity contribution < 1.29 is 13.5 Å². The normalized spacial score (nSPS) is 12.3. The monoisotopic (exact) mass is 260 g/mol. The summed E-state index contributed by atoms with van der Waals surface area (Å²) < 4.78 is 25.5. The highest BCUT2D eigenvalue weighted by atomic mass is 32.2. The highest BCUT2D eigenvalue weighted by Crippen LogP contribution is 2.15. The van der Waals surface area contributed by atoms with Gasteiger partial charge in [-0.2, -0.15) is 4.31 Å². The molecule has 96 valence electrons. The quantitative estimate of drug-likeness (QED) is 0.765. The Labute approximate surface area is 100.0 Å². The molecule has 0 amide bonds. The predicted octanol–water partition coefficient (Wildman–Crippen LogP) is -0.234. The number of hydrogen-bond donors (Lipinski definition) is 2. The van der Waals surface area contributed by atoms with Crippen LogP contribution in [0.2, 0.25) is 0 Å². The molecule has 0 fully saturated rings. The summed E-state index contributed by atoms with van der Waals surface area (Å²) in [6.45, 7) is 3.22. The van der Waals surface area contributed by atoms with Crippen molar-refractivity contribution >= 4 is 10.0 Å². The fraction of sp³-hybridized carbons (Fsp3) is 0.500. The molecule has 1 rings (SSSR count). The zero-order valence-corrected chi connectivity index (χ0v) is 10.6. The number of H-pyrrole nitrogens is 1. The molecule has 0 aliphatic rings. The van der Waals surface area contributed by atoms with Gasteiger partial charge in [-0.1, -0.05) is 0 Å². The largest absolute Gasteiger partial charge is 0.395 e. The Hall–Kier alpha value is -1.18. The van der Waals surface area contributed by atoms with E-state index in [0.29, 0.717) is 0 Å². The van der Waals surface area contributed by atoms with E-state index in [2.05, 4.69) is 4.98 Å². The van der Waals surface area contributed by atoms with E-state index < -0.39 is 10.0 Å². The lowest BCUT2D eigenvalue weighted by atomic mass is 10.4. The standard InChI is InChI=1S/C10H16N2O4S/c1-8(2)12(5-6-13)17(15,16)9-3-4-10(14)11-7-9/h3-4,7-8,13H,5-6H2,1-2H3,(H,11,14). The zero-order chi connectivity index (χ0) is 13.1. The summed E-state index contributed by atoms with van der Waals surface area (Å²) in [5, 5.41) is 8.88. The number of aromatic nitrogens is 1. The molecular formula is C10H16N2O4S. The van der Waals surface area contributed by atoms with Crippen LogP contribution in [-0.4, -0.2) is 42.0 Å². The van der Waals surface area contributed by atoms with E-state index in [1.54, 1.807) is 13.8 Å². The number of nitrogens with zero attached hydrogens (tertiary/aromatic N) is 1. The van der Waals surface area contributed by atoms with Gasteiger partial charge in [0.05, 0.1) is 11.5 Å². The molecule has 7 heteroatoms. The summed E-state index contributed by atoms with van der Waals surface area (Å²) in [7, 11) is -3.68. The Morgan fingerprint density at radius 1 is 1.41 bits per heavy atom. The summed E-state index contributed by atoms with van der Waals surface area (Å²) >= 11 is 0. The molecular weight excluding hydrogens is 244 g/mol. The number of hydrogen-bond acceptors (Lipinski definition) is 4. The molecule has 0 aliphatic heterocycles. The molecule has 1 aromatic heterocycles. The molecule has 0 spiro atoms. The summed E-state index contributed by atoms with van der Waals surface area (Å²) in [5.74, 6) is 0. The number of aromatic amines is 1. The Bertz CT molecular complexity index is 501. The average Bonchev–Trinajstić information content (AvgIpc) is 2.25. The van der Waals surface area contributed by atoms with Crippen LogP contribution in [0.1, 0.15) is 13.8 Å². The van der Waals surface area contributed by atoms with E-state index in [1.165, 1.54) is 10.4 Å². The lowest BCUT2D eigenvalue weighted by molar-refractivity contribution is 0.236. The Balaban J connectivity index is 3.16. The molecule has 0 radical (unpaired) electrons. The van der Waals surface area contributed by atoms with Gasteiger partial charge < -0.3 is 10.1 Å². The summed E-state index contributed by atoms with van der Waals surface area (Å²) in [6.07, 6.45) is 1.16. The van der Waals surface area contributed by atoms with Crippen molar-refractivity contribution in [3.63, 3.8) is 0 Å². The smallest absolute Gasteiger partial charge is 0.247 e. The maximum absolute atomic E-state index is 12.2. The molecule has 0 atom stereocenters. The van der Waals surface area contributed by atoms with Crippen LogP contribution in [0, 0.1) is 0 Å². The van der Waals surface area contributed by atoms with Crippen molar-refractivity contribution in [1.29, 1.82) is 0 Å². The Morgan fingerprint density at radius 3 is 2.47 bits per heavy atom. The van der Waals surface area contributed by atoms with E-state index in [-0.39, 0.29) is 29.6 Å². The van der Waals surface area contributed by atoms with Gasteiger partial charge in [-0.25, -0.2) is 8.42 Å². The van der Waals surface area contributed by atoms with Crippen LogP contribution in [0.5, 0.6) is 0 Å². The van der Waals surface area contributed by atoms with E-state index in [9.17, 15) is 13.2 Å². The SMILES string of the molecule is CC(C)N(CCO)S(=O)(=O)c1ccc(=O)[nH]c1. The van der Waals surface area contributed by atoms with Crippen molar-refractivity contribution in [2.45, 2.75) is 24.8 Å². The summed E-state index contributed by atoms with van der Waals surface area (Å²) in [5.41, 5.74) is -0.359. The second-order valence-electron chi connectivity index (χ2n) is 3.82. The molecule has 0 aromatic carbocycles.